The van der Waals surface area contributed by atoms with E-state index in [4.69, 9.17) is 4.74 Å². The summed E-state index contributed by atoms with van der Waals surface area (Å²) < 4.78 is 32.4. The monoisotopic (exact) mass is 312 g/mol. The summed E-state index contributed by atoms with van der Waals surface area (Å²) in [5.74, 6) is 1.07. The summed E-state index contributed by atoms with van der Waals surface area (Å²) in [6, 6.07) is 5.11. The first-order valence-corrected chi connectivity index (χ1v) is 8.72. The Kier molecular flexibility index (Phi) is 5.24. The first kappa shape index (κ1) is 16.3. The maximum Gasteiger partial charge on any atom is 0.243 e. The van der Waals surface area contributed by atoms with E-state index in [-0.39, 0.29) is 0 Å². The number of benzene rings is 1. The maximum atomic E-state index is 12.8. The molecule has 1 fully saturated rings. The Labute approximate surface area is 127 Å². The Bertz CT molecular complexity index is 585. The van der Waals surface area contributed by atoms with Crippen LogP contribution in [-0.4, -0.2) is 46.5 Å². The molecule has 1 aliphatic rings. The second kappa shape index (κ2) is 6.77. The number of aryl methyl sites for hydroxylation is 1. The molecule has 1 heterocycles. The molecule has 0 spiro atoms. The maximum absolute atomic E-state index is 12.8. The topological polar surface area (TPSA) is 58.6 Å². The molecule has 0 amide bonds. The second-order valence-electron chi connectivity index (χ2n) is 5.56. The summed E-state index contributed by atoms with van der Waals surface area (Å²) in [5.41, 5.74) is 0.727. The molecule has 0 bridgehead atoms. The van der Waals surface area contributed by atoms with E-state index in [1.165, 1.54) is 0 Å². The average molecular weight is 312 g/mol. The van der Waals surface area contributed by atoms with Crippen molar-refractivity contribution >= 4 is 10.0 Å². The van der Waals surface area contributed by atoms with Crippen molar-refractivity contribution in [3.05, 3.63) is 23.8 Å². The lowest BCUT2D eigenvalue weighted by Gasteiger charge is -2.32. The third kappa shape index (κ3) is 3.56. The van der Waals surface area contributed by atoms with Crippen molar-refractivity contribution in [2.24, 2.45) is 5.92 Å². The van der Waals surface area contributed by atoms with Crippen molar-refractivity contribution in [2.75, 3.05) is 33.8 Å². The molecule has 1 unspecified atom stereocenters. The molecule has 1 atom stereocenters. The van der Waals surface area contributed by atoms with Crippen molar-refractivity contribution in [3.8, 4) is 5.75 Å². The summed E-state index contributed by atoms with van der Waals surface area (Å²) in [7, 11) is 0.0642. The van der Waals surface area contributed by atoms with Crippen LogP contribution in [0.1, 0.15) is 18.4 Å². The smallest absolute Gasteiger partial charge is 0.243 e. The van der Waals surface area contributed by atoms with E-state index >= 15 is 0 Å². The zero-order valence-electron chi connectivity index (χ0n) is 12.9. The fourth-order valence-corrected chi connectivity index (χ4v) is 4.64. The Morgan fingerprint density at radius 1 is 1.43 bits per heavy atom. The van der Waals surface area contributed by atoms with E-state index in [0.717, 1.165) is 24.9 Å². The molecular formula is C15H24N2O3S. The van der Waals surface area contributed by atoms with E-state index in [9.17, 15) is 8.42 Å². The van der Waals surface area contributed by atoms with Crippen LogP contribution in [0.25, 0.3) is 0 Å². The van der Waals surface area contributed by atoms with Crippen LogP contribution in [0.5, 0.6) is 5.75 Å². The van der Waals surface area contributed by atoms with E-state index in [1.54, 1.807) is 29.6 Å². The SMILES string of the molecule is CNCC1CCCN(S(=O)(=O)c2ccc(OC)cc2C)C1. The van der Waals surface area contributed by atoms with Crippen LogP contribution in [0.3, 0.4) is 0 Å². The summed E-state index contributed by atoms with van der Waals surface area (Å²) in [4.78, 5) is 0.383. The summed E-state index contributed by atoms with van der Waals surface area (Å²) >= 11 is 0. The molecule has 1 N–H and O–H groups in total. The normalized spacial score (nSPS) is 20.4. The second-order valence-corrected chi connectivity index (χ2v) is 7.47. The number of ether oxygens (including phenoxy) is 1. The van der Waals surface area contributed by atoms with Crippen LogP contribution in [0, 0.1) is 12.8 Å². The van der Waals surface area contributed by atoms with Gasteiger partial charge in [-0.1, -0.05) is 0 Å². The van der Waals surface area contributed by atoms with Crippen LogP contribution >= 0.6 is 0 Å². The fraction of sp³-hybridized carbons (Fsp3) is 0.600. The molecular weight excluding hydrogens is 288 g/mol. The van der Waals surface area contributed by atoms with Crippen molar-refractivity contribution in [2.45, 2.75) is 24.7 Å². The molecule has 0 radical (unpaired) electrons. The van der Waals surface area contributed by atoms with Gasteiger partial charge in [0, 0.05) is 13.1 Å². The Morgan fingerprint density at radius 3 is 2.81 bits per heavy atom. The number of hydrogen-bond donors (Lipinski definition) is 1. The van der Waals surface area contributed by atoms with Gasteiger partial charge < -0.3 is 10.1 Å². The van der Waals surface area contributed by atoms with Crippen molar-refractivity contribution in [3.63, 3.8) is 0 Å². The first-order valence-electron chi connectivity index (χ1n) is 7.28. The summed E-state index contributed by atoms with van der Waals surface area (Å²) in [6.07, 6.45) is 2.00. The van der Waals surface area contributed by atoms with Crippen LogP contribution in [0.4, 0.5) is 0 Å². The van der Waals surface area contributed by atoms with Gasteiger partial charge in [-0.25, -0.2) is 8.42 Å². The first-order chi connectivity index (χ1) is 9.98. The molecule has 118 valence electrons. The van der Waals surface area contributed by atoms with Gasteiger partial charge >= 0.3 is 0 Å². The zero-order chi connectivity index (χ0) is 15.5. The van der Waals surface area contributed by atoms with Crippen molar-refractivity contribution in [1.82, 2.24) is 9.62 Å². The van der Waals surface area contributed by atoms with Gasteiger partial charge in [-0.3, -0.25) is 0 Å². The van der Waals surface area contributed by atoms with Gasteiger partial charge in [-0.2, -0.15) is 4.31 Å². The average Bonchev–Trinajstić information content (AvgIpc) is 2.47. The zero-order valence-corrected chi connectivity index (χ0v) is 13.7. The quantitative estimate of drug-likeness (QED) is 0.898. The van der Waals surface area contributed by atoms with Gasteiger partial charge in [-0.15, -0.1) is 0 Å². The van der Waals surface area contributed by atoms with E-state index in [0.29, 0.717) is 29.7 Å². The van der Waals surface area contributed by atoms with E-state index < -0.39 is 10.0 Å². The number of piperidine rings is 1. The highest BCUT2D eigenvalue weighted by atomic mass is 32.2. The van der Waals surface area contributed by atoms with Gasteiger partial charge in [0.25, 0.3) is 0 Å². The molecule has 2 rings (SSSR count). The molecule has 6 heteroatoms. The summed E-state index contributed by atoms with van der Waals surface area (Å²) in [5, 5.41) is 3.14. The number of nitrogens with zero attached hydrogens (tertiary/aromatic N) is 1. The molecule has 1 saturated heterocycles. The molecule has 5 nitrogen and oxygen atoms in total. The molecule has 1 aromatic rings. The minimum absolute atomic E-state index is 0.383. The third-order valence-corrected chi connectivity index (χ3v) is 6.00. The lowest BCUT2D eigenvalue weighted by Crippen LogP contribution is -2.42. The lowest BCUT2D eigenvalue weighted by atomic mass is 10.00. The standard InChI is InChI=1S/C15H24N2O3S/c1-12-9-14(20-3)6-7-15(12)21(18,19)17-8-4-5-13(11-17)10-16-2/h6-7,9,13,16H,4-5,8,10-11H2,1-3H3. The molecule has 21 heavy (non-hydrogen) atoms. The van der Waals surface area contributed by atoms with Crippen LogP contribution in [-0.2, 0) is 10.0 Å². The Balaban J connectivity index is 2.25. The van der Waals surface area contributed by atoms with Crippen LogP contribution in [0.2, 0.25) is 0 Å². The number of rotatable bonds is 5. The predicted molar refractivity (Wildman–Crippen MR) is 83.1 cm³/mol. The van der Waals surface area contributed by atoms with Crippen molar-refractivity contribution < 1.29 is 13.2 Å². The Morgan fingerprint density at radius 2 is 2.19 bits per heavy atom. The largest absolute Gasteiger partial charge is 0.497 e. The van der Waals surface area contributed by atoms with Crippen molar-refractivity contribution in [1.29, 1.82) is 0 Å². The lowest BCUT2D eigenvalue weighted by molar-refractivity contribution is 0.263. The number of nitrogens with one attached hydrogen (secondary N) is 1. The third-order valence-electron chi connectivity index (χ3n) is 3.97. The molecule has 1 aliphatic heterocycles. The van der Waals surface area contributed by atoms with Gasteiger partial charge in [0.15, 0.2) is 0 Å². The Hall–Kier alpha value is -1.11. The van der Waals surface area contributed by atoms with Gasteiger partial charge in [-0.05, 0) is 63.0 Å². The number of methoxy groups -OCH3 is 1. The number of sulfonamides is 1. The highest BCUT2D eigenvalue weighted by Gasteiger charge is 2.30. The minimum Gasteiger partial charge on any atom is -0.497 e. The van der Waals surface area contributed by atoms with Gasteiger partial charge in [0.05, 0.1) is 12.0 Å². The van der Waals surface area contributed by atoms with Gasteiger partial charge in [0.2, 0.25) is 10.0 Å². The van der Waals surface area contributed by atoms with E-state index in [2.05, 4.69) is 5.32 Å². The molecule has 0 aromatic heterocycles. The molecule has 0 saturated carbocycles. The van der Waals surface area contributed by atoms with Gasteiger partial charge in [0.1, 0.15) is 5.75 Å². The number of hydrogen-bond acceptors (Lipinski definition) is 4. The van der Waals surface area contributed by atoms with Crippen LogP contribution < -0.4 is 10.1 Å². The molecule has 1 aromatic carbocycles. The highest BCUT2D eigenvalue weighted by molar-refractivity contribution is 7.89. The highest BCUT2D eigenvalue weighted by Crippen LogP contribution is 2.27. The fourth-order valence-electron chi connectivity index (χ4n) is 2.88. The minimum atomic E-state index is -3.42. The predicted octanol–water partition coefficient (Wildman–Crippen LogP) is 1.62. The van der Waals surface area contributed by atoms with Crippen LogP contribution in [0.15, 0.2) is 23.1 Å². The van der Waals surface area contributed by atoms with E-state index in [1.807, 2.05) is 14.0 Å². The molecule has 0 aliphatic carbocycles. The summed E-state index contributed by atoms with van der Waals surface area (Å²) in [6.45, 7) is 3.86.